The fourth-order valence-electron chi connectivity index (χ4n) is 4.28. The lowest BCUT2D eigenvalue weighted by molar-refractivity contribution is 0.0954. The van der Waals surface area contributed by atoms with Crippen LogP contribution in [-0.4, -0.2) is 46.4 Å². The van der Waals surface area contributed by atoms with Crippen molar-refractivity contribution in [2.75, 3.05) is 24.5 Å². The Morgan fingerprint density at radius 2 is 1.71 bits per heavy atom. The summed E-state index contributed by atoms with van der Waals surface area (Å²) >= 11 is 0. The Morgan fingerprint density at radius 1 is 0.941 bits per heavy atom. The Morgan fingerprint density at radius 3 is 2.50 bits per heavy atom. The topological polar surface area (TPSA) is 81.3 Å². The smallest absolute Gasteiger partial charge is 0.324 e. The summed E-state index contributed by atoms with van der Waals surface area (Å²) in [6, 6.07) is 25.1. The zero-order chi connectivity index (χ0) is 23.3. The van der Waals surface area contributed by atoms with E-state index in [1.54, 1.807) is 17.0 Å². The monoisotopic (exact) mass is 453 g/mol. The number of aromatic nitrogens is 2. The number of urea groups is 1. The van der Waals surface area contributed by atoms with Crippen LogP contribution in [0.15, 0.2) is 78.9 Å². The van der Waals surface area contributed by atoms with Crippen molar-refractivity contribution in [3.63, 3.8) is 0 Å². The summed E-state index contributed by atoms with van der Waals surface area (Å²) < 4.78 is 0. The van der Waals surface area contributed by atoms with Gasteiger partial charge in [0, 0.05) is 43.9 Å². The van der Waals surface area contributed by atoms with Crippen LogP contribution in [0.4, 0.5) is 10.5 Å². The fraction of sp³-hybridized carbons (Fsp3) is 0.222. The number of anilines is 1. The number of imidazole rings is 1. The highest BCUT2D eigenvalue weighted by molar-refractivity contribution is 5.96. The van der Waals surface area contributed by atoms with Gasteiger partial charge < -0.3 is 15.2 Å². The first-order valence-electron chi connectivity index (χ1n) is 11.6. The highest BCUT2D eigenvalue weighted by atomic mass is 16.2. The van der Waals surface area contributed by atoms with Gasteiger partial charge in [-0.3, -0.25) is 9.69 Å². The van der Waals surface area contributed by atoms with Gasteiger partial charge in [-0.05, 0) is 48.4 Å². The number of hydrogen-bond donors (Lipinski definition) is 2. The molecule has 7 heteroatoms. The summed E-state index contributed by atoms with van der Waals surface area (Å²) in [6.45, 7) is 2.50. The largest absolute Gasteiger partial charge is 0.352 e. The van der Waals surface area contributed by atoms with Crippen LogP contribution in [0.3, 0.4) is 0 Å². The fourth-order valence-corrected chi connectivity index (χ4v) is 4.28. The minimum atomic E-state index is -0.140. The Hall–Kier alpha value is -4.13. The van der Waals surface area contributed by atoms with E-state index >= 15 is 0 Å². The molecule has 2 heterocycles. The first-order chi connectivity index (χ1) is 16.7. The summed E-state index contributed by atoms with van der Waals surface area (Å²) in [5, 5.41) is 2.95. The lowest BCUT2D eigenvalue weighted by Gasteiger charge is -2.35. The molecule has 5 rings (SSSR count). The number of nitrogens with zero attached hydrogens (tertiary/aromatic N) is 3. The summed E-state index contributed by atoms with van der Waals surface area (Å²) in [5.74, 6) is 0.707. The predicted octanol–water partition coefficient (Wildman–Crippen LogP) is 4.37. The van der Waals surface area contributed by atoms with Gasteiger partial charge in [-0.2, -0.15) is 0 Å². The highest BCUT2D eigenvalue weighted by Crippen LogP contribution is 2.22. The zero-order valence-electron chi connectivity index (χ0n) is 18.9. The van der Waals surface area contributed by atoms with E-state index in [0.717, 1.165) is 41.1 Å². The maximum absolute atomic E-state index is 13.1. The van der Waals surface area contributed by atoms with Crippen LogP contribution >= 0.6 is 0 Å². The van der Waals surface area contributed by atoms with Gasteiger partial charge in [-0.15, -0.1) is 0 Å². The SMILES string of the molecule is O=C(NCCc1nc2ccccc2[nH]1)c1ccc(N2CCCN(Cc3ccccc3)C2=O)cc1. The lowest BCUT2D eigenvalue weighted by atomic mass is 10.1. The molecule has 34 heavy (non-hydrogen) atoms. The van der Waals surface area contributed by atoms with E-state index in [1.165, 1.54) is 0 Å². The molecular formula is C27H27N5O2. The Balaban J connectivity index is 1.17. The summed E-state index contributed by atoms with van der Waals surface area (Å²) in [7, 11) is 0. The van der Waals surface area contributed by atoms with Crippen LogP contribution in [0.1, 0.15) is 28.2 Å². The second-order valence-electron chi connectivity index (χ2n) is 8.45. The number of nitrogens with one attached hydrogen (secondary N) is 2. The molecule has 0 aliphatic carbocycles. The molecule has 2 N–H and O–H groups in total. The number of aromatic amines is 1. The van der Waals surface area contributed by atoms with E-state index in [0.29, 0.717) is 31.6 Å². The standard InChI is InChI=1S/C27H27N5O2/c33-26(28-16-15-25-29-23-9-4-5-10-24(23)30-25)21-11-13-22(14-12-21)32-18-6-17-31(27(32)34)19-20-7-2-1-3-8-20/h1-5,7-14H,6,15-19H2,(H,28,33)(H,29,30). The second kappa shape index (κ2) is 9.79. The predicted molar refractivity (Wildman–Crippen MR) is 133 cm³/mol. The molecule has 0 saturated carbocycles. The molecule has 0 bridgehead atoms. The maximum atomic E-state index is 13.1. The molecule has 1 aliphatic rings. The number of para-hydroxylation sites is 2. The van der Waals surface area contributed by atoms with E-state index in [2.05, 4.69) is 15.3 Å². The van der Waals surface area contributed by atoms with Crippen molar-refractivity contribution in [2.24, 2.45) is 0 Å². The quantitative estimate of drug-likeness (QED) is 0.436. The molecule has 0 atom stereocenters. The van der Waals surface area contributed by atoms with Gasteiger partial charge in [-0.1, -0.05) is 42.5 Å². The first kappa shape index (κ1) is 21.7. The average Bonchev–Trinajstić information content (AvgIpc) is 3.29. The number of rotatable bonds is 7. The third-order valence-electron chi connectivity index (χ3n) is 6.05. The molecule has 7 nitrogen and oxygen atoms in total. The van der Waals surface area contributed by atoms with Crippen molar-refractivity contribution in [1.82, 2.24) is 20.2 Å². The van der Waals surface area contributed by atoms with Crippen molar-refractivity contribution in [1.29, 1.82) is 0 Å². The van der Waals surface area contributed by atoms with Gasteiger partial charge in [0.25, 0.3) is 5.91 Å². The van der Waals surface area contributed by atoms with Crippen LogP contribution in [0, 0.1) is 0 Å². The molecular weight excluding hydrogens is 426 g/mol. The average molecular weight is 454 g/mol. The van der Waals surface area contributed by atoms with Gasteiger partial charge in [-0.25, -0.2) is 9.78 Å². The van der Waals surface area contributed by atoms with E-state index in [1.807, 2.05) is 71.6 Å². The second-order valence-corrected chi connectivity index (χ2v) is 8.45. The number of H-pyrrole nitrogens is 1. The normalized spacial score (nSPS) is 13.9. The molecule has 1 aromatic heterocycles. The Bertz CT molecular complexity index is 1250. The van der Waals surface area contributed by atoms with Gasteiger partial charge in [0.15, 0.2) is 0 Å². The van der Waals surface area contributed by atoms with Crippen molar-refractivity contribution in [3.05, 3.63) is 95.8 Å². The minimum absolute atomic E-state index is 0.00172. The molecule has 0 spiro atoms. The number of hydrogen-bond acceptors (Lipinski definition) is 3. The molecule has 0 unspecified atom stereocenters. The molecule has 3 amide bonds. The van der Waals surface area contributed by atoms with Crippen LogP contribution < -0.4 is 10.2 Å². The van der Waals surface area contributed by atoms with Crippen molar-refractivity contribution in [3.8, 4) is 0 Å². The Kier molecular flexibility index (Phi) is 6.25. The number of carbonyl (C=O) groups is 2. The number of fused-ring (bicyclic) bond motifs is 1. The van der Waals surface area contributed by atoms with Crippen molar-refractivity contribution in [2.45, 2.75) is 19.4 Å². The van der Waals surface area contributed by atoms with Crippen LogP contribution in [0.2, 0.25) is 0 Å². The van der Waals surface area contributed by atoms with E-state index in [4.69, 9.17) is 0 Å². The van der Waals surface area contributed by atoms with E-state index in [-0.39, 0.29) is 11.9 Å². The van der Waals surface area contributed by atoms with Crippen molar-refractivity contribution < 1.29 is 9.59 Å². The minimum Gasteiger partial charge on any atom is -0.352 e. The van der Waals surface area contributed by atoms with Gasteiger partial charge in [0.1, 0.15) is 5.82 Å². The van der Waals surface area contributed by atoms with Gasteiger partial charge in [0.2, 0.25) is 0 Å². The van der Waals surface area contributed by atoms with Crippen LogP contribution in [-0.2, 0) is 13.0 Å². The zero-order valence-corrected chi connectivity index (χ0v) is 18.9. The summed E-state index contributed by atoms with van der Waals surface area (Å²) in [4.78, 5) is 37.1. The first-order valence-corrected chi connectivity index (χ1v) is 11.6. The third kappa shape index (κ3) is 4.78. The lowest BCUT2D eigenvalue weighted by Crippen LogP contribution is -2.49. The number of benzene rings is 3. The molecule has 3 aromatic carbocycles. The van der Waals surface area contributed by atoms with E-state index in [9.17, 15) is 9.59 Å². The van der Waals surface area contributed by atoms with Gasteiger partial charge >= 0.3 is 6.03 Å². The number of carbonyl (C=O) groups excluding carboxylic acids is 2. The molecule has 1 fully saturated rings. The van der Waals surface area contributed by atoms with Crippen LogP contribution in [0.5, 0.6) is 0 Å². The van der Waals surface area contributed by atoms with Gasteiger partial charge in [0.05, 0.1) is 11.0 Å². The van der Waals surface area contributed by atoms with E-state index < -0.39 is 0 Å². The highest BCUT2D eigenvalue weighted by Gasteiger charge is 2.26. The molecule has 0 radical (unpaired) electrons. The molecule has 1 aliphatic heterocycles. The molecule has 4 aromatic rings. The summed E-state index contributed by atoms with van der Waals surface area (Å²) in [6.07, 6.45) is 1.53. The third-order valence-corrected chi connectivity index (χ3v) is 6.05. The van der Waals surface area contributed by atoms with Crippen molar-refractivity contribution >= 4 is 28.7 Å². The maximum Gasteiger partial charge on any atom is 0.324 e. The molecule has 1 saturated heterocycles. The summed E-state index contributed by atoms with van der Waals surface area (Å²) in [5.41, 5.74) is 4.41. The Labute approximate surface area is 198 Å². The molecule has 172 valence electrons. The van der Waals surface area contributed by atoms with Crippen LogP contribution in [0.25, 0.3) is 11.0 Å². The number of amides is 3.